The zero-order chi connectivity index (χ0) is 22.1. The summed E-state index contributed by atoms with van der Waals surface area (Å²) in [5, 5.41) is 8.13. The van der Waals surface area contributed by atoms with Crippen LogP contribution in [-0.4, -0.2) is 48.0 Å². The molecule has 1 aromatic heterocycles. The predicted molar refractivity (Wildman–Crippen MR) is 112 cm³/mol. The Labute approximate surface area is 174 Å². The van der Waals surface area contributed by atoms with E-state index < -0.39 is 36.5 Å². The zero-order valence-corrected chi connectivity index (χ0v) is 17.4. The number of hydrogen-bond donors (Lipinski definition) is 4. The van der Waals surface area contributed by atoms with E-state index in [0.717, 1.165) is 22.9 Å². The Bertz CT molecular complexity index is 906. The number of ether oxygens (including phenoxy) is 1. The second-order valence-electron chi connectivity index (χ2n) is 7.41. The van der Waals surface area contributed by atoms with Crippen LogP contribution in [0.2, 0.25) is 0 Å². The lowest BCUT2D eigenvalue weighted by molar-refractivity contribution is -0.151. The average molecular weight is 416 g/mol. The number of esters is 1. The number of hydrogen-bond acceptors (Lipinski definition) is 5. The molecule has 0 unspecified atom stereocenters. The van der Waals surface area contributed by atoms with Crippen molar-refractivity contribution in [2.45, 2.75) is 39.7 Å². The molecule has 0 saturated heterocycles. The van der Waals surface area contributed by atoms with Gasteiger partial charge in [0.15, 0.2) is 6.61 Å². The molecule has 9 heteroatoms. The molecule has 30 heavy (non-hydrogen) atoms. The molecule has 2 aromatic rings. The van der Waals surface area contributed by atoms with Gasteiger partial charge in [0.2, 0.25) is 5.91 Å². The molecule has 0 saturated carbocycles. The molecule has 0 aliphatic carbocycles. The summed E-state index contributed by atoms with van der Waals surface area (Å²) in [6.45, 7) is 5.15. The van der Waals surface area contributed by atoms with E-state index in [0.29, 0.717) is 12.5 Å². The summed E-state index contributed by atoms with van der Waals surface area (Å²) in [6.07, 6.45) is 2.74. The third kappa shape index (κ3) is 7.23. The van der Waals surface area contributed by atoms with Gasteiger partial charge in [-0.1, -0.05) is 32.0 Å². The standard InChI is InChI=1S/C21H28N4O5/c1-13(2)8-9-22-21(29)25-19(27)12-30-20(28)18(24-14(3)26)10-15-11-23-17-7-5-4-6-16(15)17/h4-7,11,13,18,23H,8-10,12H2,1-3H3,(H,24,26)(H2,22,25,27,29)/t18-/m0/s1. The molecule has 9 nitrogen and oxygen atoms in total. The van der Waals surface area contributed by atoms with Crippen LogP contribution in [0.5, 0.6) is 0 Å². The first-order valence-electron chi connectivity index (χ1n) is 9.82. The largest absolute Gasteiger partial charge is 0.454 e. The van der Waals surface area contributed by atoms with Crippen LogP contribution in [0.3, 0.4) is 0 Å². The summed E-state index contributed by atoms with van der Waals surface area (Å²) >= 11 is 0. The first-order chi connectivity index (χ1) is 14.3. The lowest BCUT2D eigenvalue weighted by atomic mass is 10.0. The van der Waals surface area contributed by atoms with E-state index in [-0.39, 0.29) is 6.42 Å². The number of rotatable bonds is 9. The van der Waals surface area contributed by atoms with E-state index in [1.165, 1.54) is 6.92 Å². The molecule has 0 radical (unpaired) electrons. The Kier molecular flexibility index (Phi) is 8.40. The maximum Gasteiger partial charge on any atom is 0.329 e. The zero-order valence-electron chi connectivity index (χ0n) is 17.4. The molecule has 162 valence electrons. The Hall–Kier alpha value is -3.36. The predicted octanol–water partition coefficient (Wildman–Crippen LogP) is 1.63. The molecule has 2 rings (SSSR count). The van der Waals surface area contributed by atoms with E-state index >= 15 is 0 Å². The number of fused-ring (bicyclic) bond motifs is 1. The van der Waals surface area contributed by atoms with E-state index in [2.05, 4.69) is 20.9 Å². The first kappa shape index (κ1) is 22.9. The molecule has 0 aliphatic heterocycles. The van der Waals surface area contributed by atoms with Crippen molar-refractivity contribution in [3.05, 3.63) is 36.0 Å². The maximum absolute atomic E-state index is 12.5. The highest BCUT2D eigenvalue weighted by Gasteiger charge is 2.24. The molecule has 1 atom stereocenters. The number of nitrogens with one attached hydrogen (secondary N) is 4. The number of carbonyl (C=O) groups excluding carboxylic acids is 4. The van der Waals surface area contributed by atoms with Gasteiger partial charge in [-0.3, -0.25) is 14.9 Å². The normalized spacial score (nSPS) is 11.7. The number of benzene rings is 1. The van der Waals surface area contributed by atoms with Crippen molar-refractivity contribution in [3.8, 4) is 0 Å². The number of carbonyl (C=O) groups is 4. The van der Waals surface area contributed by atoms with Crippen molar-refractivity contribution in [3.63, 3.8) is 0 Å². The van der Waals surface area contributed by atoms with Gasteiger partial charge in [0, 0.05) is 37.0 Å². The van der Waals surface area contributed by atoms with Gasteiger partial charge in [0.1, 0.15) is 6.04 Å². The Morgan fingerprint density at radius 3 is 2.57 bits per heavy atom. The van der Waals surface area contributed by atoms with Crippen LogP contribution in [0.15, 0.2) is 30.5 Å². The van der Waals surface area contributed by atoms with Crippen molar-refractivity contribution in [1.82, 2.24) is 20.9 Å². The minimum atomic E-state index is -0.964. The molecule has 1 aromatic carbocycles. The van der Waals surface area contributed by atoms with Crippen molar-refractivity contribution in [1.29, 1.82) is 0 Å². The highest BCUT2D eigenvalue weighted by atomic mass is 16.5. The van der Waals surface area contributed by atoms with E-state index in [9.17, 15) is 19.2 Å². The van der Waals surface area contributed by atoms with Crippen LogP contribution in [-0.2, 0) is 25.5 Å². The Balaban J connectivity index is 1.89. The maximum atomic E-state index is 12.5. The summed E-state index contributed by atoms with van der Waals surface area (Å²) in [5.41, 5.74) is 1.74. The van der Waals surface area contributed by atoms with Crippen LogP contribution in [0.25, 0.3) is 10.9 Å². The number of H-pyrrole nitrogens is 1. The SMILES string of the molecule is CC(=O)N[C@@H](Cc1c[nH]c2ccccc12)C(=O)OCC(=O)NC(=O)NCCC(C)C. The fourth-order valence-corrected chi connectivity index (χ4v) is 2.88. The molecular weight excluding hydrogens is 388 g/mol. The number of imide groups is 1. The lowest BCUT2D eigenvalue weighted by Gasteiger charge is -2.16. The Morgan fingerprint density at radius 1 is 1.13 bits per heavy atom. The van der Waals surface area contributed by atoms with Crippen LogP contribution in [0, 0.1) is 5.92 Å². The monoisotopic (exact) mass is 416 g/mol. The quantitative estimate of drug-likeness (QED) is 0.462. The fourth-order valence-electron chi connectivity index (χ4n) is 2.88. The Morgan fingerprint density at radius 2 is 1.87 bits per heavy atom. The number of amides is 4. The van der Waals surface area contributed by atoms with Gasteiger partial charge in [-0.2, -0.15) is 0 Å². The average Bonchev–Trinajstić information content (AvgIpc) is 3.08. The minimum absolute atomic E-state index is 0.194. The lowest BCUT2D eigenvalue weighted by Crippen LogP contribution is -2.45. The van der Waals surface area contributed by atoms with Crippen LogP contribution < -0.4 is 16.0 Å². The molecule has 0 bridgehead atoms. The number of aromatic nitrogens is 1. The topological polar surface area (TPSA) is 129 Å². The van der Waals surface area contributed by atoms with E-state index in [1.807, 2.05) is 38.1 Å². The van der Waals surface area contributed by atoms with Crippen LogP contribution in [0.4, 0.5) is 4.79 Å². The first-order valence-corrected chi connectivity index (χ1v) is 9.82. The third-order valence-corrected chi connectivity index (χ3v) is 4.37. The molecule has 0 spiro atoms. The highest BCUT2D eigenvalue weighted by Crippen LogP contribution is 2.19. The summed E-state index contributed by atoms with van der Waals surface area (Å²) in [4.78, 5) is 50.6. The van der Waals surface area contributed by atoms with Gasteiger partial charge in [-0.05, 0) is 24.0 Å². The highest BCUT2D eigenvalue weighted by molar-refractivity contribution is 5.96. The van der Waals surface area contributed by atoms with Gasteiger partial charge in [-0.15, -0.1) is 0 Å². The minimum Gasteiger partial charge on any atom is -0.454 e. The summed E-state index contributed by atoms with van der Waals surface area (Å²) < 4.78 is 5.02. The van der Waals surface area contributed by atoms with Gasteiger partial charge in [0.25, 0.3) is 5.91 Å². The van der Waals surface area contributed by atoms with Crippen molar-refractivity contribution >= 4 is 34.7 Å². The van der Waals surface area contributed by atoms with Crippen molar-refractivity contribution in [2.75, 3.05) is 13.2 Å². The van der Waals surface area contributed by atoms with Gasteiger partial charge in [0.05, 0.1) is 0 Å². The van der Waals surface area contributed by atoms with Crippen molar-refractivity contribution in [2.24, 2.45) is 5.92 Å². The summed E-state index contributed by atoms with van der Waals surface area (Å²) in [6, 6.07) is 5.97. The molecule has 0 fully saturated rings. The van der Waals surface area contributed by atoms with Gasteiger partial charge in [-0.25, -0.2) is 9.59 Å². The molecule has 4 amide bonds. The molecule has 0 aliphatic rings. The number of urea groups is 1. The van der Waals surface area contributed by atoms with E-state index in [4.69, 9.17) is 4.74 Å². The van der Waals surface area contributed by atoms with Gasteiger partial charge >= 0.3 is 12.0 Å². The smallest absolute Gasteiger partial charge is 0.329 e. The number of aromatic amines is 1. The van der Waals surface area contributed by atoms with Crippen LogP contribution >= 0.6 is 0 Å². The second kappa shape index (κ2) is 11.0. The summed E-state index contributed by atoms with van der Waals surface area (Å²) in [7, 11) is 0. The van der Waals surface area contributed by atoms with Crippen LogP contribution in [0.1, 0.15) is 32.8 Å². The molecule has 1 heterocycles. The fraction of sp³-hybridized carbons (Fsp3) is 0.429. The second-order valence-corrected chi connectivity index (χ2v) is 7.41. The van der Waals surface area contributed by atoms with Gasteiger partial charge < -0.3 is 20.4 Å². The third-order valence-electron chi connectivity index (χ3n) is 4.37. The summed E-state index contributed by atoms with van der Waals surface area (Å²) in [5.74, 6) is -1.49. The molecule has 4 N–H and O–H groups in total. The molecular formula is C21H28N4O5. The van der Waals surface area contributed by atoms with E-state index in [1.54, 1.807) is 6.20 Å². The number of para-hydroxylation sites is 1. The van der Waals surface area contributed by atoms with Crippen molar-refractivity contribution < 1.29 is 23.9 Å².